The Morgan fingerprint density at radius 1 is 1.36 bits per heavy atom. The van der Waals surface area contributed by atoms with E-state index in [2.05, 4.69) is 15.6 Å². The molecule has 0 unspecified atom stereocenters. The lowest BCUT2D eigenvalue weighted by Crippen LogP contribution is -2.41. The van der Waals surface area contributed by atoms with Crippen LogP contribution in [-0.4, -0.2) is 35.7 Å². The highest BCUT2D eigenvalue weighted by atomic mass is 35.5. The maximum Gasteiger partial charge on any atom is 0.325 e. The zero-order valence-electron chi connectivity index (χ0n) is 13.5. The van der Waals surface area contributed by atoms with Crippen molar-refractivity contribution in [1.82, 2.24) is 15.2 Å². The summed E-state index contributed by atoms with van der Waals surface area (Å²) in [4.78, 5) is 15.7. The Morgan fingerprint density at radius 2 is 2.00 bits per heavy atom. The largest absolute Gasteiger partial charge is 0.459 e. The number of nitrogens with zero attached hydrogens (tertiary/aromatic N) is 2. The van der Waals surface area contributed by atoms with Crippen LogP contribution < -0.4 is 10.6 Å². The van der Waals surface area contributed by atoms with Crippen molar-refractivity contribution in [2.75, 3.05) is 13.6 Å². The van der Waals surface area contributed by atoms with Crippen LogP contribution in [0.25, 0.3) is 0 Å². The fourth-order valence-corrected chi connectivity index (χ4v) is 2.10. The molecule has 0 bridgehead atoms. The van der Waals surface area contributed by atoms with Gasteiger partial charge in [0, 0.05) is 19.8 Å². The lowest BCUT2D eigenvalue weighted by atomic mass is 10.2. The van der Waals surface area contributed by atoms with Gasteiger partial charge >= 0.3 is 5.97 Å². The van der Waals surface area contributed by atoms with Gasteiger partial charge in [0.2, 0.25) is 0 Å². The molecule has 1 aromatic heterocycles. The third-order valence-corrected chi connectivity index (χ3v) is 3.54. The van der Waals surface area contributed by atoms with Gasteiger partial charge in [-0.1, -0.05) is 23.2 Å². The van der Waals surface area contributed by atoms with E-state index in [1.807, 2.05) is 27.8 Å². The van der Waals surface area contributed by atoms with Gasteiger partial charge in [-0.25, -0.2) is 0 Å². The van der Waals surface area contributed by atoms with Crippen LogP contribution in [0.3, 0.4) is 0 Å². The second-order valence-corrected chi connectivity index (χ2v) is 6.46. The molecule has 1 aromatic rings. The third-order valence-electron chi connectivity index (χ3n) is 2.70. The average Bonchev–Trinajstić information content (AvgIpc) is 2.64. The first-order valence-electron chi connectivity index (χ1n) is 6.80. The monoisotopic (exact) mass is 348 g/mol. The summed E-state index contributed by atoms with van der Waals surface area (Å²) in [6.07, 6.45) is 0. The van der Waals surface area contributed by atoms with E-state index in [0.717, 1.165) is 5.69 Å². The van der Waals surface area contributed by atoms with Gasteiger partial charge in [0.05, 0.1) is 11.6 Å². The first-order chi connectivity index (χ1) is 10.1. The minimum atomic E-state index is -0.508. The second kappa shape index (κ2) is 7.74. The Bertz CT molecular complexity index is 562. The van der Waals surface area contributed by atoms with Gasteiger partial charge in [-0.15, -0.1) is 0 Å². The van der Waals surface area contributed by atoms with E-state index in [1.165, 1.54) is 0 Å². The molecule has 0 aliphatic rings. The molecule has 0 spiro atoms. The number of carbonyl (C=O) groups excluding carboxylic acids is 1. The SMILES string of the molecule is CN=C(NCC(=O)OC(C)(C)C)NCc1cc(Cl)c(Cl)n1C. The zero-order valence-corrected chi connectivity index (χ0v) is 15.0. The molecule has 124 valence electrons. The van der Waals surface area contributed by atoms with Crippen molar-refractivity contribution >= 4 is 35.1 Å². The van der Waals surface area contributed by atoms with E-state index in [0.29, 0.717) is 22.7 Å². The van der Waals surface area contributed by atoms with E-state index < -0.39 is 5.60 Å². The number of esters is 1. The van der Waals surface area contributed by atoms with Gasteiger partial charge in [0.15, 0.2) is 5.96 Å². The molecule has 0 amide bonds. The minimum Gasteiger partial charge on any atom is -0.459 e. The number of aliphatic imine (C=N–C) groups is 1. The number of carbonyl (C=O) groups is 1. The van der Waals surface area contributed by atoms with Crippen molar-refractivity contribution < 1.29 is 9.53 Å². The van der Waals surface area contributed by atoms with Crippen LogP contribution in [0.5, 0.6) is 0 Å². The molecule has 0 radical (unpaired) electrons. The topological polar surface area (TPSA) is 67.7 Å². The number of hydrogen-bond donors (Lipinski definition) is 2. The smallest absolute Gasteiger partial charge is 0.325 e. The van der Waals surface area contributed by atoms with E-state index >= 15 is 0 Å². The summed E-state index contributed by atoms with van der Waals surface area (Å²) < 4.78 is 6.99. The summed E-state index contributed by atoms with van der Waals surface area (Å²) >= 11 is 12.0. The molecule has 0 saturated heterocycles. The van der Waals surface area contributed by atoms with Gasteiger partial charge in [0.1, 0.15) is 17.3 Å². The molecule has 0 atom stereocenters. The van der Waals surface area contributed by atoms with Crippen molar-refractivity contribution in [1.29, 1.82) is 0 Å². The number of halogens is 2. The summed E-state index contributed by atoms with van der Waals surface area (Å²) in [5.74, 6) is 0.139. The van der Waals surface area contributed by atoms with Crippen LogP contribution in [0.15, 0.2) is 11.1 Å². The Kier molecular flexibility index (Phi) is 6.56. The van der Waals surface area contributed by atoms with Gasteiger partial charge in [-0.2, -0.15) is 0 Å². The van der Waals surface area contributed by atoms with E-state index in [9.17, 15) is 4.79 Å². The Hall–Kier alpha value is -1.40. The molecule has 1 heterocycles. The van der Waals surface area contributed by atoms with Crippen LogP contribution in [-0.2, 0) is 23.1 Å². The number of guanidine groups is 1. The van der Waals surface area contributed by atoms with Gasteiger partial charge in [-0.05, 0) is 26.8 Å². The summed E-state index contributed by atoms with van der Waals surface area (Å²) in [6, 6.07) is 1.78. The Balaban J connectivity index is 2.50. The molecular weight excluding hydrogens is 327 g/mol. The molecule has 0 fully saturated rings. The summed E-state index contributed by atoms with van der Waals surface area (Å²) in [6.45, 7) is 5.96. The fourth-order valence-electron chi connectivity index (χ4n) is 1.69. The maximum atomic E-state index is 11.6. The molecule has 0 aliphatic heterocycles. The number of aromatic nitrogens is 1. The Labute approximate surface area is 140 Å². The van der Waals surface area contributed by atoms with Gasteiger partial charge < -0.3 is 19.9 Å². The first kappa shape index (κ1) is 18.6. The number of nitrogens with one attached hydrogen (secondary N) is 2. The summed E-state index contributed by atoms with van der Waals surface area (Å²) in [7, 11) is 3.44. The highest BCUT2D eigenvalue weighted by Crippen LogP contribution is 2.24. The van der Waals surface area contributed by atoms with Crippen LogP contribution in [0.1, 0.15) is 26.5 Å². The van der Waals surface area contributed by atoms with E-state index in [1.54, 1.807) is 17.7 Å². The van der Waals surface area contributed by atoms with Crippen molar-refractivity contribution in [3.63, 3.8) is 0 Å². The predicted octanol–water partition coefficient (Wildman–Crippen LogP) is 2.34. The van der Waals surface area contributed by atoms with Crippen LogP contribution >= 0.6 is 23.2 Å². The fraction of sp³-hybridized carbons (Fsp3) is 0.571. The number of hydrogen-bond acceptors (Lipinski definition) is 3. The molecule has 0 saturated carbocycles. The molecule has 6 nitrogen and oxygen atoms in total. The van der Waals surface area contributed by atoms with Crippen molar-refractivity contribution in [2.24, 2.45) is 12.0 Å². The second-order valence-electron chi connectivity index (χ2n) is 5.70. The standard InChI is InChI=1S/C14H22Cl2N4O2/c1-14(2,3)22-11(21)8-19-13(17-4)18-7-9-6-10(15)12(16)20(9)5/h6H,7-8H2,1-5H3,(H2,17,18,19). The van der Waals surface area contributed by atoms with Crippen LogP contribution in [0.2, 0.25) is 10.2 Å². The summed E-state index contributed by atoms with van der Waals surface area (Å²) in [5.41, 5.74) is 0.391. The van der Waals surface area contributed by atoms with Crippen molar-refractivity contribution in [2.45, 2.75) is 32.9 Å². The number of ether oxygens (including phenoxy) is 1. The normalized spacial score (nSPS) is 12.2. The molecule has 8 heteroatoms. The van der Waals surface area contributed by atoms with Gasteiger partial charge in [-0.3, -0.25) is 9.79 Å². The van der Waals surface area contributed by atoms with E-state index in [-0.39, 0.29) is 12.5 Å². The molecule has 2 N–H and O–H groups in total. The average molecular weight is 349 g/mol. The molecular formula is C14H22Cl2N4O2. The highest BCUT2D eigenvalue weighted by Gasteiger charge is 2.16. The first-order valence-corrected chi connectivity index (χ1v) is 7.55. The number of rotatable bonds is 4. The lowest BCUT2D eigenvalue weighted by Gasteiger charge is -2.20. The van der Waals surface area contributed by atoms with E-state index in [4.69, 9.17) is 27.9 Å². The maximum absolute atomic E-state index is 11.6. The predicted molar refractivity (Wildman–Crippen MR) is 89.5 cm³/mol. The zero-order chi connectivity index (χ0) is 16.9. The lowest BCUT2D eigenvalue weighted by molar-refractivity contribution is -0.153. The molecule has 1 rings (SSSR count). The minimum absolute atomic E-state index is 0.0333. The van der Waals surface area contributed by atoms with Crippen molar-refractivity contribution in [3.05, 3.63) is 21.9 Å². The third kappa shape index (κ3) is 5.77. The molecule has 0 aliphatic carbocycles. The molecule has 0 aromatic carbocycles. The van der Waals surface area contributed by atoms with Crippen molar-refractivity contribution in [3.8, 4) is 0 Å². The van der Waals surface area contributed by atoms with Gasteiger partial charge in [0.25, 0.3) is 0 Å². The van der Waals surface area contributed by atoms with Crippen LogP contribution in [0.4, 0.5) is 0 Å². The highest BCUT2D eigenvalue weighted by molar-refractivity contribution is 6.41. The summed E-state index contributed by atoms with van der Waals surface area (Å²) in [5, 5.41) is 6.95. The quantitative estimate of drug-likeness (QED) is 0.497. The van der Waals surface area contributed by atoms with Crippen LogP contribution in [0, 0.1) is 0 Å². The Morgan fingerprint density at radius 3 is 2.45 bits per heavy atom. The molecule has 22 heavy (non-hydrogen) atoms.